The topological polar surface area (TPSA) is 49.4 Å². The van der Waals surface area contributed by atoms with Gasteiger partial charge in [0, 0.05) is 30.1 Å². The van der Waals surface area contributed by atoms with Crippen LogP contribution in [0.2, 0.25) is 5.02 Å². The maximum atomic E-state index is 12.5. The van der Waals surface area contributed by atoms with E-state index in [-0.39, 0.29) is 10.9 Å². The lowest BCUT2D eigenvalue weighted by Crippen LogP contribution is -2.52. The molecule has 100 valence electrons. The number of halogens is 2. The predicted molar refractivity (Wildman–Crippen MR) is 75.4 cm³/mol. The largest absolute Gasteiger partial charge is 0.314 e. The molecule has 1 fully saturated rings. The van der Waals surface area contributed by atoms with Crippen LogP contribution < -0.4 is 5.32 Å². The van der Waals surface area contributed by atoms with Gasteiger partial charge in [0.25, 0.3) is 0 Å². The van der Waals surface area contributed by atoms with Crippen molar-refractivity contribution in [2.75, 3.05) is 19.6 Å². The molecule has 18 heavy (non-hydrogen) atoms. The molecule has 1 aliphatic heterocycles. The number of piperazine rings is 1. The van der Waals surface area contributed by atoms with Crippen molar-refractivity contribution in [1.29, 1.82) is 0 Å². The first-order valence-corrected chi connectivity index (χ1v) is 8.21. The summed E-state index contributed by atoms with van der Waals surface area (Å²) in [5.41, 5.74) is 0. The van der Waals surface area contributed by atoms with Crippen molar-refractivity contribution in [2.24, 2.45) is 0 Å². The zero-order chi connectivity index (χ0) is 13.3. The Labute approximate surface area is 120 Å². The third-order valence-corrected chi connectivity index (χ3v) is 6.16. The quantitative estimate of drug-likeness (QED) is 0.885. The molecular weight excluding hydrogens is 340 g/mol. The Morgan fingerprint density at radius 2 is 2.22 bits per heavy atom. The average molecular weight is 354 g/mol. The Kier molecular flexibility index (Phi) is 4.33. The van der Waals surface area contributed by atoms with Crippen LogP contribution in [0.25, 0.3) is 0 Å². The van der Waals surface area contributed by atoms with Crippen molar-refractivity contribution in [3.05, 3.63) is 27.7 Å². The Morgan fingerprint density at radius 3 is 2.83 bits per heavy atom. The average Bonchev–Trinajstić information content (AvgIpc) is 2.33. The first-order valence-electron chi connectivity index (χ1n) is 5.60. The van der Waals surface area contributed by atoms with E-state index in [4.69, 9.17) is 11.6 Å². The molecule has 0 aliphatic carbocycles. The van der Waals surface area contributed by atoms with Crippen molar-refractivity contribution in [1.82, 2.24) is 9.62 Å². The lowest BCUT2D eigenvalue weighted by molar-refractivity contribution is 0.284. The summed E-state index contributed by atoms with van der Waals surface area (Å²) in [6.07, 6.45) is 0. The Morgan fingerprint density at radius 1 is 1.50 bits per heavy atom. The molecule has 1 aliphatic rings. The summed E-state index contributed by atoms with van der Waals surface area (Å²) < 4.78 is 27.1. The molecule has 0 radical (unpaired) electrons. The molecule has 0 unspecified atom stereocenters. The zero-order valence-electron chi connectivity index (χ0n) is 9.86. The Balaban J connectivity index is 2.37. The van der Waals surface area contributed by atoms with Crippen molar-refractivity contribution in [3.8, 4) is 0 Å². The predicted octanol–water partition coefficient (Wildman–Crippen LogP) is 2.08. The number of benzene rings is 1. The minimum absolute atomic E-state index is 0.0433. The van der Waals surface area contributed by atoms with Crippen LogP contribution in [0.15, 0.2) is 27.6 Å². The number of sulfonamides is 1. The van der Waals surface area contributed by atoms with Gasteiger partial charge in [-0.15, -0.1) is 0 Å². The van der Waals surface area contributed by atoms with Gasteiger partial charge in [-0.3, -0.25) is 0 Å². The second kappa shape index (κ2) is 5.46. The van der Waals surface area contributed by atoms with Crippen LogP contribution in [-0.2, 0) is 10.0 Å². The molecule has 1 aromatic carbocycles. The van der Waals surface area contributed by atoms with Crippen molar-refractivity contribution < 1.29 is 8.42 Å². The van der Waals surface area contributed by atoms with Crippen molar-refractivity contribution in [3.63, 3.8) is 0 Å². The van der Waals surface area contributed by atoms with Crippen LogP contribution in [0.3, 0.4) is 0 Å². The van der Waals surface area contributed by atoms with Crippen LogP contribution in [0.5, 0.6) is 0 Å². The number of nitrogens with one attached hydrogen (secondary N) is 1. The molecule has 1 aromatic rings. The Hall–Kier alpha value is -0.140. The molecule has 1 heterocycles. The molecule has 4 nitrogen and oxygen atoms in total. The van der Waals surface area contributed by atoms with E-state index in [9.17, 15) is 8.42 Å². The summed E-state index contributed by atoms with van der Waals surface area (Å²) in [4.78, 5) is 0.271. The summed E-state index contributed by atoms with van der Waals surface area (Å²) >= 11 is 9.13. The molecule has 1 saturated heterocycles. The smallest absolute Gasteiger partial charge is 0.243 e. The third-order valence-electron chi connectivity index (χ3n) is 2.94. The van der Waals surface area contributed by atoms with Gasteiger partial charge >= 0.3 is 0 Å². The lowest BCUT2D eigenvalue weighted by Gasteiger charge is -2.32. The van der Waals surface area contributed by atoms with Gasteiger partial charge in [-0.05, 0) is 41.1 Å². The first-order chi connectivity index (χ1) is 8.43. The van der Waals surface area contributed by atoms with Gasteiger partial charge in [0.1, 0.15) is 0 Å². The summed E-state index contributed by atoms with van der Waals surface area (Å²) in [6.45, 7) is 3.74. The van der Waals surface area contributed by atoms with Gasteiger partial charge in [-0.1, -0.05) is 11.6 Å². The van der Waals surface area contributed by atoms with E-state index in [1.165, 1.54) is 10.4 Å². The monoisotopic (exact) mass is 352 g/mol. The van der Waals surface area contributed by atoms with Gasteiger partial charge < -0.3 is 5.32 Å². The third kappa shape index (κ3) is 2.72. The molecule has 7 heteroatoms. The summed E-state index contributed by atoms with van der Waals surface area (Å²) in [5, 5.41) is 3.67. The fraction of sp³-hybridized carbons (Fsp3) is 0.455. The molecule has 0 aromatic heterocycles. The molecule has 0 bridgehead atoms. The molecule has 2 rings (SSSR count). The van der Waals surface area contributed by atoms with Gasteiger partial charge in [0.15, 0.2) is 0 Å². The van der Waals surface area contributed by atoms with E-state index in [1.807, 2.05) is 6.92 Å². The van der Waals surface area contributed by atoms with E-state index in [0.717, 1.165) is 0 Å². The number of rotatable bonds is 2. The molecule has 1 atom stereocenters. The summed E-state index contributed by atoms with van der Waals surface area (Å²) in [6, 6.07) is 4.63. The standard InChI is InChI=1S/C11H14BrClN2O2S/c1-8-7-14-4-5-15(8)18(16,17)9-2-3-11(13)10(12)6-9/h2-3,6,8,14H,4-5,7H2,1H3/t8-/m1/s1. The highest BCUT2D eigenvalue weighted by molar-refractivity contribution is 9.10. The first kappa shape index (κ1) is 14.3. The zero-order valence-corrected chi connectivity index (χ0v) is 13.0. The maximum absolute atomic E-state index is 12.5. The van der Waals surface area contributed by atoms with Crippen LogP contribution in [0.1, 0.15) is 6.92 Å². The molecule has 0 spiro atoms. The fourth-order valence-corrected chi connectivity index (χ4v) is 4.26. The van der Waals surface area contributed by atoms with Crippen molar-refractivity contribution in [2.45, 2.75) is 17.9 Å². The van der Waals surface area contributed by atoms with Crippen LogP contribution in [-0.4, -0.2) is 38.4 Å². The summed E-state index contributed by atoms with van der Waals surface area (Å²) in [5.74, 6) is 0. The molecular formula is C11H14BrClN2O2S. The van der Waals surface area contributed by atoms with E-state index in [0.29, 0.717) is 29.1 Å². The fourth-order valence-electron chi connectivity index (χ4n) is 1.95. The van der Waals surface area contributed by atoms with Crippen LogP contribution >= 0.6 is 27.5 Å². The van der Waals surface area contributed by atoms with Crippen LogP contribution in [0.4, 0.5) is 0 Å². The SMILES string of the molecule is C[C@@H]1CNCCN1S(=O)(=O)c1ccc(Cl)c(Br)c1. The second-order valence-electron chi connectivity index (χ2n) is 4.24. The minimum atomic E-state index is -3.45. The minimum Gasteiger partial charge on any atom is -0.314 e. The molecule has 0 saturated carbocycles. The van der Waals surface area contributed by atoms with E-state index >= 15 is 0 Å². The molecule has 0 amide bonds. The number of nitrogens with zero attached hydrogens (tertiary/aromatic N) is 1. The van der Waals surface area contributed by atoms with Gasteiger partial charge in [-0.2, -0.15) is 4.31 Å². The number of hydrogen-bond donors (Lipinski definition) is 1. The summed E-state index contributed by atoms with van der Waals surface area (Å²) in [7, 11) is -3.45. The van der Waals surface area contributed by atoms with E-state index < -0.39 is 10.0 Å². The second-order valence-corrected chi connectivity index (χ2v) is 7.40. The van der Waals surface area contributed by atoms with Crippen molar-refractivity contribution >= 4 is 37.6 Å². The van der Waals surface area contributed by atoms with Crippen LogP contribution in [0, 0.1) is 0 Å². The Bertz CT molecular complexity index is 550. The highest BCUT2D eigenvalue weighted by atomic mass is 79.9. The van der Waals surface area contributed by atoms with E-state index in [1.54, 1.807) is 12.1 Å². The number of hydrogen-bond acceptors (Lipinski definition) is 3. The maximum Gasteiger partial charge on any atom is 0.243 e. The highest BCUT2D eigenvalue weighted by Gasteiger charge is 2.31. The van der Waals surface area contributed by atoms with Gasteiger partial charge in [0.05, 0.1) is 9.92 Å². The highest BCUT2D eigenvalue weighted by Crippen LogP contribution is 2.27. The normalized spacial score (nSPS) is 22.1. The lowest BCUT2D eigenvalue weighted by atomic mass is 10.3. The van der Waals surface area contributed by atoms with Gasteiger partial charge in [-0.25, -0.2) is 8.42 Å². The van der Waals surface area contributed by atoms with Gasteiger partial charge in [0.2, 0.25) is 10.0 Å². The van der Waals surface area contributed by atoms with E-state index in [2.05, 4.69) is 21.2 Å². The molecule has 1 N–H and O–H groups in total.